The molecule has 0 radical (unpaired) electrons. The Labute approximate surface area is 171 Å². The molecule has 0 fully saturated rings. The number of rotatable bonds is 8. The zero-order chi connectivity index (χ0) is 21.3. The third-order valence-electron chi connectivity index (χ3n) is 3.84. The highest BCUT2D eigenvalue weighted by Crippen LogP contribution is 2.20. The van der Waals surface area contributed by atoms with E-state index in [0.29, 0.717) is 11.8 Å². The van der Waals surface area contributed by atoms with Crippen molar-refractivity contribution < 1.29 is 27.8 Å². The summed E-state index contributed by atoms with van der Waals surface area (Å²) in [5, 5.41) is 5.40. The van der Waals surface area contributed by atoms with Gasteiger partial charge >= 0.3 is 5.97 Å². The van der Waals surface area contributed by atoms with Crippen LogP contribution in [0, 0.1) is 11.6 Å². The predicted octanol–water partition coefficient (Wildman–Crippen LogP) is 4.27. The number of hydrogen-bond acceptors (Lipinski definition) is 5. The van der Waals surface area contributed by atoms with Gasteiger partial charge in [0.2, 0.25) is 0 Å². The summed E-state index contributed by atoms with van der Waals surface area (Å²) in [5.74, 6) is -2.77. The van der Waals surface area contributed by atoms with Crippen molar-refractivity contribution in [1.29, 1.82) is 0 Å². The molecule has 3 aromatic carbocycles. The number of para-hydroxylation sites is 1. The molecule has 0 saturated heterocycles. The molecule has 1 amide bonds. The molecule has 0 heterocycles. The smallest absolute Gasteiger partial charge is 0.344 e. The molecule has 154 valence electrons. The van der Waals surface area contributed by atoms with Gasteiger partial charge in [0.15, 0.2) is 13.2 Å². The van der Waals surface area contributed by atoms with Gasteiger partial charge in [0.25, 0.3) is 5.91 Å². The summed E-state index contributed by atoms with van der Waals surface area (Å²) in [6.45, 7) is -1.03. The maximum absolute atomic E-state index is 13.5. The van der Waals surface area contributed by atoms with Gasteiger partial charge in [-0.3, -0.25) is 4.79 Å². The number of carbonyl (C=O) groups excluding carboxylic acids is 2. The highest BCUT2D eigenvalue weighted by molar-refractivity contribution is 5.92. The largest absolute Gasteiger partial charge is 0.482 e. The molecule has 0 spiro atoms. The molecular formula is C22H18F2N2O4. The Morgan fingerprint density at radius 3 is 2.23 bits per heavy atom. The standard InChI is InChI=1S/C22H18F2N2O4/c23-15-6-11-20(19(24)12-15)26-21(27)13-30-22(28)14-29-18-9-7-17(8-10-18)25-16-4-2-1-3-5-16/h1-12,25H,13-14H2,(H,26,27). The Morgan fingerprint density at radius 2 is 1.53 bits per heavy atom. The number of carbonyl (C=O) groups is 2. The molecule has 0 saturated carbocycles. The summed E-state index contributed by atoms with van der Waals surface area (Å²) < 4.78 is 36.4. The van der Waals surface area contributed by atoms with E-state index in [1.807, 2.05) is 30.3 Å². The molecule has 0 atom stereocenters. The summed E-state index contributed by atoms with van der Waals surface area (Å²) in [4.78, 5) is 23.4. The summed E-state index contributed by atoms with van der Waals surface area (Å²) in [7, 11) is 0. The van der Waals surface area contributed by atoms with Crippen molar-refractivity contribution in [2.45, 2.75) is 0 Å². The fraction of sp³-hybridized carbons (Fsp3) is 0.0909. The first-order chi connectivity index (χ1) is 14.5. The van der Waals surface area contributed by atoms with Crippen LogP contribution in [-0.2, 0) is 14.3 Å². The fourth-order valence-electron chi connectivity index (χ4n) is 2.43. The maximum Gasteiger partial charge on any atom is 0.344 e. The van der Waals surface area contributed by atoms with Gasteiger partial charge in [-0.1, -0.05) is 18.2 Å². The molecule has 3 aromatic rings. The Kier molecular flexibility index (Phi) is 6.94. The minimum Gasteiger partial charge on any atom is -0.482 e. The molecule has 30 heavy (non-hydrogen) atoms. The number of esters is 1. The minimum absolute atomic E-state index is 0.210. The normalized spacial score (nSPS) is 10.2. The molecule has 8 heteroatoms. The first kappa shape index (κ1) is 20.8. The Bertz CT molecular complexity index is 1010. The van der Waals surface area contributed by atoms with Crippen LogP contribution in [0.2, 0.25) is 0 Å². The molecule has 0 unspecified atom stereocenters. The third-order valence-corrected chi connectivity index (χ3v) is 3.84. The van der Waals surface area contributed by atoms with E-state index in [1.165, 1.54) is 0 Å². The highest BCUT2D eigenvalue weighted by atomic mass is 19.1. The molecule has 3 rings (SSSR count). The molecule has 2 N–H and O–H groups in total. The highest BCUT2D eigenvalue weighted by Gasteiger charge is 2.11. The predicted molar refractivity (Wildman–Crippen MR) is 108 cm³/mol. The van der Waals surface area contributed by atoms with E-state index < -0.39 is 36.7 Å². The van der Waals surface area contributed by atoms with Crippen molar-refractivity contribution in [2.24, 2.45) is 0 Å². The summed E-state index contributed by atoms with van der Waals surface area (Å²) in [6, 6.07) is 19.3. The van der Waals surface area contributed by atoms with Crippen molar-refractivity contribution in [3.8, 4) is 5.75 Å². The van der Waals surface area contributed by atoms with Crippen LogP contribution in [0.4, 0.5) is 25.8 Å². The van der Waals surface area contributed by atoms with E-state index in [9.17, 15) is 18.4 Å². The molecule has 0 aliphatic rings. The number of hydrogen-bond donors (Lipinski definition) is 2. The van der Waals surface area contributed by atoms with Gasteiger partial charge in [0.05, 0.1) is 5.69 Å². The maximum atomic E-state index is 13.5. The lowest BCUT2D eigenvalue weighted by molar-refractivity contribution is -0.149. The Balaban J connectivity index is 1.40. The van der Waals surface area contributed by atoms with Crippen molar-refractivity contribution in [2.75, 3.05) is 23.8 Å². The van der Waals surface area contributed by atoms with Crippen molar-refractivity contribution in [3.63, 3.8) is 0 Å². The Morgan fingerprint density at radius 1 is 0.833 bits per heavy atom. The molecule has 0 aliphatic carbocycles. The van der Waals surface area contributed by atoms with Gasteiger partial charge in [-0.15, -0.1) is 0 Å². The second-order valence-corrected chi connectivity index (χ2v) is 6.14. The number of benzene rings is 3. The number of ether oxygens (including phenoxy) is 2. The summed E-state index contributed by atoms with van der Waals surface area (Å²) >= 11 is 0. The van der Waals surface area contributed by atoms with E-state index in [4.69, 9.17) is 9.47 Å². The quantitative estimate of drug-likeness (QED) is 0.541. The van der Waals surface area contributed by atoms with E-state index in [1.54, 1.807) is 24.3 Å². The average molecular weight is 412 g/mol. The van der Waals surface area contributed by atoms with E-state index in [0.717, 1.165) is 23.5 Å². The topological polar surface area (TPSA) is 76.7 Å². The second kappa shape index (κ2) is 10.0. The van der Waals surface area contributed by atoms with E-state index in [2.05, 4.69) is 10.6 Å². The fourth-order valence-corrected chi connectivity index (χ4v) is 2.43. The van der Waals surface area contributed by atoms with Crippen LogP contribution >= 0.6 is 0 Å². The van der Waals surface area contributed by atoms with E-state index in [-0.39, 0.29) is 5.69 Å². The molecule has 0 aromatic heterocycles. The van der Waals surface area contributed by atoms with Crippen LogP contribution in [0.3, 0.4) is 0 Å². The first-order valence-corrected chi connectivity index (χ1v) is 8.95. The van der Waals surface area contributed by atoms with Crippen molar-refractivity contribution >= 4 is 28.9 Å². The number of nitrogens with one attached hydrogen (secondary N) is 2. The van der Waals surface area contributed by atoms with Crippen LogP contribution in [0.25, 0.3) is 0 Å². The Hall–Kier alpha value is -3.94. The van der Waals surface area contributed by atoms with Gasteiger partial charge in [-0.25, -0.2) is 13.6 Å². The number of anilines is 3. The number of amides is 1. The van der Waals surface area contributed by atoms with Crippen molar-refractivity contribution in [3.05, 3.63) is 84.4 Å². The van der Waals surface area contributed by atoms with Crippen LogP contribution in [0.15, 0.2) is 72.8 Å². The van der Waals surface area contributed by atoms with Crippen molar-refractivity contribution in [1.82, 2.24) is 0 Å². The average Bonchev–Trinajstić information content (AvgIpc) is 2.74. The monoisotopic (exact) mass is 412 g/mol. The van der Waals surface area contributed by atoms with Crippen LogP contribution < -0.4 is 15.4 Å². The van der Waals surface area contributed by atoms with Gasteiger partial charge in [-0.05, 0) is 48.5 Å². The summed E-state index contributed by atoms with van der Waals surface area (Å²) in [6.07, 6.45) is 0. The van der Waals surface area contributed by atoms with Crippen LogP contribution in [0.1, 0.15) is 0 Å². The van der Waals surface area contributed by atoms with Gasteiger partial charge in [0.1, 0.15) is 17.4 Å². The lowest BCUT2D eigenvalue weighted by Crippen LogP contribution is -2.24. The molecule has 0 bridgehead atoms. The lowest BCUT2D eigenvalue weighted by Gasteiger charge is -2.10. The van der Waals surface area contributed by atoms with Gasteiger partial charge < -0.3 is 20.1 Å². The first-order valence-electron chi connectivity index (χ1n) is 8.95. The molecular weight excluding hydrogens is 394 g/mol. The van der Waals surface area contributed by atoms with Crippen LogP contribution in [-0.4, -0.2) is 25.1 Å². The van der Waals surface area contributed by atoms with Gasteiger partial charge in [-0.2, -0.15) is 0 Å². The minimum atomic E-state index is -0.928. The summed E-state index contributed by atoms with van der Waals surface area (Å²) in [5.41, 5.74) is 1.58. The number of halogens is 2. The van der Waals surface area contributed by atoms with E-state index >= 15 is 0 Å². The SMILES string of the molecule is O=C(COC(=O)COc1ccc(Nc2ccccc2)cc1)Nc1ccc(F)cc1F. The van der Waals surface area contributed by atoms with Crippen LogP contribution in [0.5, 0.6) is 5.75 Å². The molecule has 0 aliphatic heterocycles. The lowest BCUT2D eigenvalue weighted by atomic mass is 10.2. The van der Waals surface area contributed by atoms with Gasteiger partial charge in [0, 0.05) is 17.4 Å². The zero-order valence-corrected chi connectivity index (χ0v) is 15.7. The third kappa shape index (κ3) is 6.30. The molecule has 6 nitrogen and oxygen atoms in total. The zero-order valence-electron chi connectivity index (χ0n) is 15.7. The second-order valence-electron chi connectivity index (χ2n) is 6.14.